The van der Waals surface area contributed by atoms with Crippen molar-refractivity contribution in [1.82, 2.24) is 4.98 Å². The lowest BCUT2D eigenvalue weighted by molar-refractivity contribution is 0.0606. The smallest absolute Gasteiger partial charge is 0.349 e. The van der Waals surface area contributed by atoms with Crippen molar-refractivity contribution in [3.63, 3.8) is 0 Å². The van der Waals surface area contributed by atoms with Crippen LogP contribution < -0.4 is 4.90 Å². The van der Waals surface area contributed by atoms with Crippen LogP contribution in [0.2, 0.25) is 0 Å². The summed E-state index contributed by atoms with van der Waals surface area (Å²) >= 11 is 6.45. The molecule has 0 aliphatic heterocycles. The highest BCUT2D eigenvalue weighted by Gasteiger charge is 2.13. The molecule has 0 fully saturated rings. The monoisotopic (exact) mass is 346 g/mol. The van der Waals surface area contributed by atoms with Gasteiger partial charge < -0.3 is 9.64 Å². The number of carbonyl (C=O) groups excluding carboxylic acids is 1. The largest absolute Gasteiger partial charge is 0.465 e. The summed E-state index contributed by atoms with van der Waals surface area (Å²) in [4.78, 5) is 19.3. The lowest BCUT2D eigenvalue weighted by Crippen LogP contribution is -2.14. The van der Waals surface area contributed by atoms with Gasteiger partial charge >= 0.3 is 5.97 Å². The van der Waals surface area contributed by atoms with Gasteiger partial charge in [-0.1, -0.05) is 11.3 Å². The highest BCUT2D eigenvalue weighted by molar-refractivity contribution is 9.10. The number of hydrogen-bond acceptors (Lipinski definition) is 6. The van der Waals surface area contributed by atoms with Gasteiger partial charge in [0.1, 0.15) is 4.88 Å². The van der Waals surface area contributed by atoms with Crippen LogP contribution in [0.15, 0.2) is 22.1 Å². The summed E-state index contributed by atoms with van der Waals surface area (Å²) in [6.07, 6.45) is 1.55. The van der Waals surface area contributed by atoms with Gasteiger partial charge in [-0.2, -0.15) is 0 Å². The third-order valence-corrected chi connectivity index (χ3v) is 5.00. The average Bonchev–Trinajstić information content (AvgIpc) is 2.97. The minimum absolute atomic E-state index is 0.342. The number of thiazole rings is 1. The number of esters is 1. The van der Waals surface area contributed by atoms with Crippen LogP contribution in [0.25, 0.3) is 0 Å². The minimum atomic E-state index is -0.342. The number of methoxy groups -OCH3 is 1. The minimum Gasteiger partial charge on any atom is -0.465 e. The molecule has 0 radical (unpaired) electrons. The molecule has 7 heteroatoms. The Labute approximate surface area is 121 Å². The molecule has 0 saturated carbocycles. The Kier molecular flexibility index (Phi) is 4.36. The Morgan fingerprint density at radius 1 is 1.61 bits per heavy atom. The normalized spacial score (nSPS) is 10.4. The Morgan fingerprint density at radius 3 is 3.00 bits per heavy atom. The molecule has 18 heavy (non-hydrogen) atoms. The summed E-state index contributed by atoms with van der Waals surface area (Å²) in [5.41, 5.74) is 0. The standard InChI is InChI=1S/C11H11BrN2O2S2/c1-14(5-8-3-7(12)6-17-8)11-13-4-9(18-11)10(15)16-2/h3-4,6H,5H2,1-2H3. The molecule has 2 heterocycles. The van der Waals surface area contributed by atoms with E-state index in [9.17, 15) is 4.79 Å². The van der Waals surface area contributed by atoms with E-state index >= 15 is 0 Å². The molecule has 2 aromatic heterocycles. The lowest BCUT2D eigenvalue weighted by atomic mass is 10.4. The topological polar surface area (TPSA) is 42.4 Å². The van der Waals surface area contributed by atoms with Crippen LogP contribution in [-0.4, -0.2) is 25.1 Å². The van der Waals surface area contributed by atoms with E-state index < -0.39 is 0 Å². The molecule has 0 N–H and O–H groups in total. The first-order valence-electron chi connectivity index (χ1n) is 5.08. The summed E-state index contributed by atoms with van der Waals surface area (Å²) in [6, 6.07) is 2.08. The fraction of sp³-hybridized carbons (Fsp3) is 0.273. The van der Waals surface area contributed by atoms with Crippen LogP contribution in [0, 0.1) is 0 Å². The number of aromatic nitrogens is 1. The Morgan fingerprint density at radius 2 is 2.39 bits per heavy atom. The van der Waals surface area contributed by atoms with Crippen LogP contribution in [-0.2, 0) is 11.3 Å². The molecular weight excluding hydrogens is 336 g/mol. The molecule has 2 aromatic rings. The predicted octanol–water partition coefficient (Wildman–Crippen LogP) is 3.39. The van der Waals surface area contributed by atoms with Crippen molar-refractivity contribution in [2.24, 2.45) is 0 Å². The summed E-state index contributed by atoms with van der Waals surface area (Å²) < 4.78 is 5.75. The van der Waals surface area contributed by atoms with E-state index in [0.29, 0.717) is 4.88 Å². The zero-order valence-corrected chi connectivity index (χ0v) is 13.1. The fourth-order valence-electron chi connectivity index (χ4n) is 1.37. The highest BCUT2D eigenvalue weighted by Crippen LogP contribution is 2.26. The molecule has 2 rings (SSSR count). The second-order valence-corrected chi connectivity index (χ2v) is 6.51. The molecule has 0 spiro atoms. The zero-order chi connectivity index (χ0) is 13.1. The van der Waals surface area contributed by atoms with Gasteiger partial charge in [-0.25, -0.2) is 9.78 Å². The summed E-state index contributed by atoms with van der Waals surface area (Å²) in [7, 11) is 3.32. The molecule has 4 nitrogen and oxygen atoms in total. The number of nitrogens with zero attached hydrogens (tertiary/aromatic N) is 2. The van der Waals surface area contributed by atoms with Gasteiger partial charge in [0.25, 0.3) is 0 Å². The quantitative estimate of drug-likeness (QED) is 0.795. The number of thiophene rings is 1. The Balaban J connectivity index is 2.07. The maximum absolute atomic E-state index is 11.3. The van der Waals surface area contributed by atoms with Gasteiger partial charge in [0.05, 0.1) is 19.9 Å². The first-order valence-corrected chi connectivity index (χ1v) is 7.57. The fourth-order valence-corrected chi connectivity index (χ4v) is 3.67. The van der Waals surface area contributed by atoms with Crippen LogP contribution >= 0.6 is 38.6 Å². The van der Waals surface area contributed by atoms with Crippen molar-refractivity contribution in [2.75, 3.05) is 19.1 Å². The molecule has 0 atom stereocenters. The van der Waals surface area contributed by atoms with E-state index in [0.717, 1.165) is 16.1 Å². The number of carbonyl (C=O) groups is 1. The third-order valence-electron chi connectivity index (χ3n) is 2.22. The van der Waals surface area contributed by atoms with E-state index in [1.54, 1.807) is 17.5 Å². The molecule has 0 saturated heterocycles. The molecule has 0 aliphatic carbocycles. The van der Waals surface area contributed by atoms with Crippen molar-refractivity contribution >= 4 is 49.7 Å². The predicted molar refractivity (Wildman–Crippen MR) is 77.6 cm³/mol. The van der Waals surface area contributed by atoms with Crippen LogP contribution in [0.3, 0.4) is 0 Å². The number of hydrogen-bond donors (Lipinski definition) is 0. The van der Waals surface area contributed by atoms with Crippen molar-refractivity contribution in [2.45, 2.75) is 6.54 Å². The summed E-state index contributed by atoms with van der Waals surface area (Å²) in [5, 5.41) is 2.85. The van der Waals surface area contributed by atoms with Crippen molar-refractivity contribution in [3.8, 4) is 0 Å². The molecular formula is C11H11BrN2O2S2. The van der Waals surface area contributed by atoms with E-state index in [-0.39, 0.29) is 5.97 Å². The van der Waals surface area contributed by atoms with Crippen LogP contribution in [0.5, 0.6) is 0 Å². The SMILES string of the molecule is COC(=O)c1cnc(N(C)Cc2cc(Br)cs2)s1. The highest BCUT2D eigenvalue weighted by atomic mass is 79.9. The van der Waals surface area contributed by atoms with Gasteiger partial charge in [-0.3, -0.25) is 0 Å². The summed E-state index contributed by atoms with van der Waals surface area (Å²) in [5.74, 6) is -0.342. The molecule has 96 valence electrons. The van der Waals surface area contributed by atoms with Gasteiger partial charge in [-0.15, -0.1) is 11.3 Å². The van der Waals surface area contributed by atoms with Gasteiger partial charge in [-0.05, 0) is 22.0 Å². The van der Waals surface area contributed by atoms with Crippen LogP contribution in [0.4, 0.5) is 5.13 Å². The van der Waals surface area contributed by atoms with Gasteiger partial charge in [0, 0.05) is 21.8 Å². The first kappa shape index (κ1) is 13.5. The van der Waals surface area contributed by atoms with Crippen molar-refractivity contribution in [3.05, 3.63) is 31.9 Å². The number of rotatable bonds is 4. The van der Waals surface area contributed by atoms with E-state index in [2.05, 4.69) is 31.7 Å². The van der Waals surface area contributed by atoms with Crippen molar-refractivity contribution < 1.29 is 9.53 Å². The van der Waals surface area contributed by atoms with Crippen LogP contribution in [0.1, 0.15) is 14.5 Å². The number of ether oxygens (including phenoxy) is 1. The molecule has 0 bridgehead atoms. The first-order chi connectivity index (χ1) is 8.60. The molecule has 0 aliphatic rings. The number of halogens is 1. The second kappa shape index (κ2) is 5.81. The Hall–Kier alpha value is -0.920. The van der Waals surface area contributed by atoms with E-state index in [1.165, 1.54) is 23.3 Å². The maximum Gasteiger partial charge on any atom is 0.349 e. The lowest BCUT2D eigenvalue weighted by Gasteiger charge is -2.13. The second-order valence-electron chi connectivity index (χ2n) is 3.59. The molecule has 0 amide bonds. The van der Waals surface area contributed by atoms with E-state index in [1.807, 2.05) is 17.3 Å². The summed E-state index contributed by atoms with van der Waals surface area (Å²) in [6.45, 7) is 0.768. The third kappa shape index (κ3) is 3.09. The average molecular weight is 347 g/mol. The van der Waals surface area contributed by atoms with E-state index in [4.69, 9.17) is 0 Å². The molecule has 0 unspecified atom stereocenters. The maximum atomic E-state index is 11.3. The number of anilines is 1. The van der Waals surface area contributed by atoms with Crippen molar-refractivity contribution in [1.29, 1.82) is 0 Å². The Bertz CT molecular complexity index is 553. The van der Waals surface area contributed by atoms with Gasteiger partial charge in [0.2, 0.25) is 0 Å². The molecule has 0 aromatic carbocycles. The zero-order valence-electron chi connectivity index (χ0n) is 9.84. The van der Waals surface area contributed by atoms with Gasteiger partial charge in [0.15, 0.2) is 5.13 Å².